The summed E-state index contributed by atoms with van der Waals surface area (Å²) in [6, 6.07) is -1.12. The van der Waals surface area contributed by atoms with Gasteiger partial charge in [-0.25, -0.2) is 4.79 Å². The Morgan fingerprint density at radius 1 is 0.814 bits per heavy atom. The first kappa shape index (κ1) is 37.2. The van der Waals surface area contributed by atoms with Gasteiger partial charge < -0.3 is 44.2 Å². The predicted molar refractivity (Wildman–Crippen MR) is 143 cm³/mol. The Morgan fingerprint density at radius 3 is 1.79 bits per heavy atom. The third-order valence-corrected chi connectivity index (χ3v) is 5.60. The van der Waals surface area contributed by atoms with Gasteiger partial charge >= 0.3 is 29.8 Å². The third kappa shape index (κ3) is 12.9. The van der Waals surface area contributed by atoms with Crippen molar-refractivity contribution < 1.29 is 67.1 Å². The first-order valence-electron chi connectivity index (χ1n) is 13.5. The van der Waals surface area contributed by atoms with E-state index in [2.05, 4.69) is 10.6 Å². The van der Waals surface area contributed by atoms with Crippen LogP contribution in [0.2, 0.25) is 0 Å². The number of hydrogen-bond acceptors (Lipinski definition) is 14. The number of carbonyl (C=O) groups excluding carboxylic acids is 7. The molecule has 16 nitrogen and oxygen atoms in total. The highest BCUT2D eigenvalue weighted by Gasteiger charge is 2.52. The Labute approximate surface area is 249 Å². The number of esters is 5. The van der Waals surface area contributed by atoms with Crippen molar-refractivity contribution in [2.45, 2.75) is 117 Å². The molecule has 1 aliphatic heterocycles. The molecule has 1 rings (SSSR count). The summed E-state index contributed by atoms with van der Waals surface area (Å²) in [5, 5.41) is 15.2. The van der Waals surface area contributed by atoms with Crippen LogP contribution in [0.1, 0.15) is 68.7 Å². The minimum atomic E-state index is -1.94. The molecular weight excluding hydrogens is 576 g/mol. The van der Waals surface area contributed by atoms with Crippen molar-refractivity contribution >= 4 is 41.7 Å². The van der Waals surface area contributed by atoms with E-state index in [1.807, 2.05) is 0 Å². The van der Waals surface area contributed by atoms with Gasteiger partial charge in [0.25, 0.3) is 0 Å². The Hall–Kier alpha value is -3.79. The monoisotopic (exact) mass is 618 g/mol. The molecule has 0 saturated carbocycles. The molecule has 0 bridgehead atoms. The number of aliphatic hydroxyl groups is 1. The Bertz CT molecular complexity index is 1050. The summed E-state index contributed by atoms with van der Waals surface area (Å²) in [5.74, 6) is -6.48. The van der Waals surface area contributed by atoms with Crippen LogP contribution in [0.5, 0.6) is 0 Å². The zero-order valence-corrected chi connectivity index (χ0v) is 25.8. The molecule has 0 spiro atoms. The van der Waals surface area contributed by atoms with Gasteiger partial charge in [0.1, 0.15) is 30.5 Å². The number of nitrogens with one attached hydrogen (secondary N) is 2. The Kier molecular flexibility index (Phi) is 14.0. The normalized spacial score (nSPS) is 23.2. The van der Waals surface area contributed by atoms with Gasteiger partial charge in [-0.3, -0.25) is 28.8 Å². The van der Waals surface area contributed by atoms with Crippen LogP contribution in [0.15, 0.2) is 0 Å². The summed E-state index contributed by atoms with van der Waals surface area (Å²) in [5.41, 5.74) is -0.836. The highest BCUT2D eigenvalue weighted by Crippen LogP contribution is 2.28. The summed E-state index contributed by atoms with van der Waals surface area (Å²) in [7, 11) is 0. The first-order chi connectivity index (χ1) is 19.7. The summed E-state index contributed by atoms with van der Waals surface area (Å²) in [6.45, 7) is 12.0. The Balaban J connectivity index is 3.19. The molecule has 0 aromatic rings. The SMILES string of the molecule is CC(=O)OC[C@H]1O[C@@H](NC(=O)C[C@H](O)C(=O)N[C@H](C(=O)OC(C)(C)C)C(C)C)[C@H](OC(C)=O)[C@@H](OC(C)=O)[C@@H]1OC(C)=O. The van der Waals surface area contributed by atoms with Gasteiger partial charge in [0.05, 0.1) is 6.42 Å². The second-order valence-corrected chi connectivity index (χ2v) is 11.2. The molecule has 0 radical (unpaired) electrons. The van der Waals surface area contributed by atoms with Gasteiger partial charge in [-0.05, 0) is 26.7 Å². The molecule has 1 saturated heterocycles. The smallest absolute Gasteiger partial charge is 0.329 e. The fraction of sp³-hybridized carbons (Fsp3) is 0.741. The van der Waals surface area contributed by atoms with E-state index in [0.29, 0.717) is 0 Å². The maximum absolute atomic E-state index is 12.9. The van der Waals surface area contributed by atoms with Gasteiger partial charge in [0, 0.05) is 27.7 Å². The van der Waals surface area contributed by atoms with Crippen molar-refractivity contribution in [1.29, 1.82) is 0 Å². The zero-order chi connectivity index (χ0) is 33.2. The summed E-state index contributed by atoms with van der Waals surface area (Å²) < 4.78 is 31.8. The number of ether oxygens (including phenoxy) is 6. The predicted octanol–water partition coefficient (Wildman–Crippen LogP) is -0.581. The van der Waals surface area contributed by atoms with Crippen molar-refractivity contribution in [3.63, 3.8) is 0 Å². The molecular formula is C27H42N2O14. The lowest BCUT2D eigenvalue weighted by atomic mass is 9.97. The maximum Gasteiger partial charge on any atom is 0.329 e. The van der Waals surface area contributed by atoms with E-state index in [4.69, 9.17) is 28.4 Å². The number of hydrogen-bond donors (Lipinski definition) is 3. The van der Waals surface area contributed by atoms with E-state index in [0.717, 1.165) is 27.7 Å². The maximum atomic E-state index is 12.9. The molecule has 1 fully saturated rings. The molecule has 7 atom stereocenters. The molecule has 1 aliphatic rings. The number of amides is 2. The van der Waals surface area contributed by atoms with Crippen LogP contribution in [0.4, 0.5) is 0 Å². The van der Waals surface area contributed by atoms with Gasteiger partial charge in [-0.1, -0.05) is 13.8 Å². The molecule has 1 heterocycles. The lowest BCUT2D eigenvalue weighted by Gasteiger charge is -2.44. The molecule has 2 amide bonds. The molecule has 0 unspecified atom stereocenters. The number of carbonyl (C=O) groups is 7. The van der Waals surface area contributed by atoms with Gasteiger partial charge in [0.15, 0.2) is 24.5 Å². The average Bonchev–Trinajstić information content (AvgIpc) is 2.82. The molecule has 43 heavy (non-hydrogen) atoms. The van der Waals surface area contributed by atoms with Crippen molar-refractivity contribution in [1.82, 2.24) is 10.6 Å². The third-order valence-electron chi connectivity index (χ3n) is 5.60. The average molecular weight is 619 g/mol. The van der Waals surface area contributed by atoms with E-state index in [-0.39, 0.29) is 0 Å². The van der Waals surface area contributed by atoms with Gasteiger partial charge in [-0.2, -0.15) is 0 Å². The van der Waals surface area contributed by atoms with Crippen LogP contribution in [-0.2, 0) is 62.0 Å². The van der Waals surface area contributed by atoms with Crippen molar-refractivity contribution in [2.24, 2.45) is 5.92 Å². The zero-order valence-electron chi connectivity index (χ0n) is 25.8. The van der Waals surface area contributed by atoms with Crippen LogP contribution in [0.3, 0.4) is 0 Å². The minimum absolute atomic E-state index is 0.419. The highest BCUT2D eigenvalue weighted by atomic mass is 16.7. The molecule has 0 aromatic carbocycles. The van der Waals surface area contributed by atoms with Crippen LogP contribution in [0.25, 0.3) is 0 Å². The molecule has 244 valence electrons. The largest absolute Gasteiger partial charge is 0.463 e. The van der Waals surface area contributed by atoms with Crippen LogP contribution in [0, 0.1) is 5.92 Å². The van der Waals surface area contributed by atoms with Gasteiger partial charge in [0.2, 0.25) is 11.8 Å². The molecule has 16 heteroatoms. The topological polar surface area (TPSA) is 219 Å². The van der Waals surface area contributed by atoms with Crippen molar-refractivity contribution in [3.05, 3.63) is 0 Å². The number of aliphatic hydroxyl groups excluding tert-OH is 1. The summed E-state index contributed by atoms with van der Waals surface area (Å²) >= 11 is 0. The summed E-state index contributed by atoms with van der Waals surface area (Å²) in [4.78, 5) is 85.3. The van der Waals surface area contributed by atoms with Crippen LogP contribution < -0.4 is 10.6 Å². The van der Waals surface area contributed by atoms with E-state index >= 15 is 0 Å². The van der Waals surface area contributed by atoms with E-state index in [1.54, 1.807) is 34.6 Å². The first-order valence-corrected chi connectivity index (χ1v) is 13.5. The van der Waals surface area contributed by atoms with E-state index in [9.17, 15) is 38.7 Å². The van der Waals surface area contributed by atoms with E-state index in [1.165, 1.54) is 0 Å². The van der Waals surface area contributed by atoms with Crippen LogP contribution in [-0.4, -0.2) is 102 Å². The van der Waals surface area contributed by atoms with Crippen molar-refractivity contribution in [2.75, 3.05) is 6.61 Å². The fourth-order valence-corrected chi connectivity index (χ4v) is 3.94. The number of rotatable bonds is 12. The van der Waals surface area contributed by atoms with Gasteiger partial charge in [-0.15, -0.1) is 0 Å². The van der Waals surface area contributed by atoms with Crippen molar-refractivity contribution in [3.8, 4) is 0 Å². The second-order valence-electron chi connectivity index (χ2n) is 11.2. The minimum Gasteiger partial charge on any atom is -0.463 e. The molecule has 0 aliphatic carbocycles. The molecule has 0 aromatic heterocycles. The standard InChI is InChI=1S/C27H42N2O14/c1-12(2)20(26(37)43-27(7,8)9)29-24(36)17(34)10-19(35)28-25-23(41-16(6)33)22(40-15(5)32)21(39-14(4)31)18(42-25)11-38-13(3)30/h12,17-18,20-23,25,34H,10-11H2,1-9H3,(H,28,35)(H,29,36)/t17-,18+,20-,21+,22-,23+,25+/m0/s1. The second kappa shape index (κ2) is 16.2. The molecule has 3 N–H and O–H groups in total. The Morgan fingerprint density at radius 2 is 1.33 bits per heavy atom. The highest BCUT2D eigenvalue weighted by molar-refractivity contribution is 5.90. The summed E-state index contributed by atoms with van der Waals surface area (Å²) in [6.07, 6.45) is -10.2. The lowest BCUT2D eigenvalue weighted by Crippen LogP contribution is -2.66. The fourth-order valence-electron chi connectivity index (χ4n) is 3.94. The lowest BCUT2D eigenvalue weighted by molar-refractivity contribution is -0.257. The van der Waals surface area contributed by atoms with E-state index < -0.39 is 109 Å². The quantitative estimate of drug-likeness (QED) is 0.184. The van der Waals surface area contributed by atoms with Crippen LogP contribution >= 0.6 is 0 Å².